The smallest absolute Gasteiger partial charge is 0.338 e. The monoisotopic (exact) mass is 390 g/mol. The highest BCUT2D eigenvalue weighted by molar-refractivity contribution is 7.98. The Balaban J connectivity index is 2.03. The molecule has 1 atom stereocenters. The third-order valence-electron chi connectivity index (χ3n) is 3.75. The minimum atomic E-state index is -0.583. The Morgan fingerprint density at radius 2 is 1.93 bits per heavy atom. The van der Waals surface area contributed by atoms with Crippen LogP contribution in [0.2, 0.25) is 0 Å². The Morgan fingerprint density at radius 3 is 2.56 bits per heavy atom. The van der Waals surface area contributed by atoms with Gasteiger partial charge in [0.1, 0.15) is 6.61 Å². The van der Waals surface area contributed by atoms with Crippen LogP contribution in [0, 0.1) is 0 Å². The number of urea groups is 1. The summed E-state index contributed by atoms with van der Waals surface area (Å²) in [7, 11) is 0. The fraction of sp³-hybridized carbons (Fsp3) is 0.316. The molecule has 0 aromatic heterocycles. The molecule has 1 aromatic carbocycles. The standard InChI is InChI=1S/C19H22N2O5S/c1-4-25-18(23)17-12(2)20-19(24)21-15(17)11-26-16(22)10-7-13-5-8-14(27-3)9-6-13/h5-10,12H,4,11H2,1-3H3,(H2,20,21,24)/b10-7+. The van der Waals surface area contributed by atoms with Crippen LogP contribution < -0.4 is 10.6 Å². The lowest BCUT2D eigenvalue weighted by Gasteiger charge is -2.26. The molecule has 1 unspecified atom stereocenters. The second kappa shape index (κ2) is 9.82. The highest BCUT2D eigenvalue weighted by Gasteiger charge is 2.30. The summed E-state index contributed by atoms with van der Waals surface area (Å²) in [5.74, 6) is -1.15. The molecule has 0 fully saturated rings. The van der Waals surface area contributed by atoms with Crippen molar-refractivity contribution in [2.24, 2.45) is 0 Å². The normalized spacial score (nSPS) is 16.7. The number of hydrogen-bond acceptors (Lipinski definition) is 6. The summed E-state index contributed by atoms with van der Waals surface area (Å²) in [6.07, 6.45) is 4.92. The highest BCUT2D eigenvalue weighted by atomic mass is 32.2. The fourth-order valence-corrected chi connectivity index (χ4v) is 2.87. The Labute approximate surface area is 162 Å². The van der Waals surface area contributed by atoms with Gasteiger partial charge in [0.2, 0.25) is 0 Å². The van der Waals surface area contributed by atoms with Gasteiger partial charge < -0.3 is 20.1 Å². The van der Waals surface area contributed by atoms with E-state index >= 15 is 0 Å². The molecule has 7 nitrogen and oxygen atoms in total. The van der Waals surface area contributed by atoms with Gasteiger partial charge in [-0.05, 0) is 43.9 Å². The zero-order valence-electron chi connectivity index (χ0n) is 15.4. The summed E-state index contributed by atoms with van der Waals surface area (Å²) in [6, 6.07) is 6.69. The Bertz CT molecular complexity index is 771. The third-order valence-corrected chi connectivity index (χ3v) is 4.50. The van der Waals surface area contributed by atoms with Crippen LogP contribution in [0.25, 0.3) is 6.08 Å². The number of hydrogen-bond donors (Lipinski definition) is 2. The first-order valence-electron chi connectivity index (χ1n) is 8.41. The zero-order valence-corrected chi connectivity index (χ0v) is 16.2. The van der Waals surface area contributed by atoms with Crippen LogP contribution in [-0.4, -0.2) is 43.5 Å². The van der Waals surface area contributed by atoms with E-state index in [1.54, 1.807) is 31.7 Å². The number of thioether (sulfide) groups is 1. The molecule has 27 heavy (non-hydrogen) atoms. The number of ether oxygens (including phenoxy) is 2. The number of rotatable bonds is 7. The largest absolute Gasteiger partial charge is 0.463 e. The van der Waals surface area contributed by atoms with Crippen molar-refractivity contribution >= 4 is 35.8 Å². The number of carbonyl (C=O) groups is 3. The molecular formula is C19H22N2O5S. The van der Waals surface area contributed by atoms with Gasteiger partial charge >= 0.3 is 18.0 Å². The third kappa shape index (κ3) is 5.89. The van der Waals surface area contributed by atoms with Crippen LogP contribution in [0.1, 0.15) is 19.4 Å². The van der Waals surface area contributed by atoms with Crippen molar-refractivity contribution in [2.45, 2.75) is 24.8 Å². The average molecular weight is 390 g/mol. The van der Waals surface area contributed by atoms with E-state index < -0.39 is 24.0 Å². The first kappa shape index (κ1) is 20.6. The van der Waals surface area contributed by atoms with Crippen molar-refractivity contribution in [1.82, 2.24) is 10.6 Å². The minimum Gasteiger partial charge on any atom is -0.463 e. The maximum absolute atomic E-state index is 12.1. The average Bonchev–Trinajstić information content (AvgIpc) is 2.64. The molecule has 0 saturated carbocycles. The van der Waals surface area contributed by atoms with E-state index in [1.807, 2.05) is 30.5 Å². The lowest BCUT2D eigenvalue weighted by Crippen LogP contribution is -2.50. The molecular weight excluding hydrogens is 368 g/mol. The fourth-order valence-electron chi connectivity index (χ4n) is 2.46. The summed E-state index contributed by atoms with van der Waals surface area (Å²) in [5.41, 5.74) is 1.32. The van der Waals surface area contributed by atoms with Crippen LogP contribution in [0.4, 0.5) is 4.79 Å². The Kier molecular flexibility index (Phi) is 7.48. The van der Waals surface area contributed by atoms with Crippen molar-refractivity contribution in [1.29, 1.82) is 0 Å². The summed E-state index contributed by atoms with van der Waals surface area (Å²) >= 11 is 1.63. The second-order valence-electron chi connectivity index (χ2n) is 5.65. The molecule has 1 aliphatic heterocycles. The molecule has 1 aliphatic rings. The van der Waals surface area contributed by atoms with Gasteiger partial charge in [0, 0.05) is 11.0 Å². The van der Waals surface area contributed by atoms with Crippen molar-refractivity contribution in [3.63, 3.8) is 0 Å². The SMILES string of the molecule is CCOC(=O)C1=C(COC(=O)/C=C/c2ccc(SC)cc2)NC(=O)NC1C. The molecule has 0 radical (unpaired) electrons. The van der Waals surface area contributed by atoms with Gasteiger partial charge in [-0.3, -0.25) is 0 Å². The molecule has 0 spiro atoms. The van der Waals surface area contributed by atoms with Gasteiger partial charge in [-0.2, -0.15) is 0 Å². The predicted octanol–water partition coefficient (Wildman–Crippen LogP) is 2.48. The Morgan fingerprint density at radius 1 is 1.22 bits per heavy atom. The summed E-state index contributed by atoms with van der Waals surface area (Å²) in [5, 5.41) is 5.08. The number of amides is 2. The molecule has 0 saturated heterocycles. The van der Waals surface area contributed by atoms with Gasteiger partial charge in [-0.1, -0.05) is 12.1 Å². The molecule has 1 aromatic rings. The van der Waals surface area contributed by atoms with Crippen molar-refractivity contribution in [3.05, 3.63) is 47.2 Å². The van der Waals surface area contributed by atoms with Gasteiger partial charge in [-0.15, -0.1) is 11.8 Å². The first-order valence-corrected chi connectivity index (χ1v) is 9.63. The van der Waals surface area contributed by atoms with Gasteiger partial charge in [0.25, 0.3) is 0 Å². The van der Waals surface area contributed by atoms with Gasteiger partial charge in [-0.25, -0.2) is 14.4 Å². The van der Waals surface area contributed by atoms with E-state index in [0.717, 1.165) is 10.5 Å². The van der Waals surface area contributed by atoms with Gasteiger partial charge in [0.15, 0.2) is 0 Å². The number of carbonyl (C=O) groups excluding carboxylic acids is 3. The van der Waals surface area contributed by atoms with E-state index in [9.17, 15) is 14.4 Å². The molecule has 1 heterocycles. The molecule has 144 valence electrons. The predicted molar refractivity (Wildman–Crippen MR) is 103 cm³/mol. The van der Waals surface area contributed by atoms with Crippen LogP contribution >= 0.6 is 11.8 Å². The van der Waals surface area contributed by atoms with Crippen LogP contribution in [0.15, 0.2) is 46.5 Å². The Hall–Kier alpha value is -2.74. The minimum absolute atomic E-state index is 0.203. The number of nitrogens with one attached hydrogen (secondary N) is 2. The summed E-state index contributed by atoms with van der Waals surface area (Å²) < 4.78 is 10.2. The molecule has 2 N–H and O–H groups in total. The van der Waals surface area contributed by atoms with E-state index in [2.05, 4.69) is 10.6 Å². The molecule has 2 rings (SSSR count). The molecule has 0 aliphatic carbocycles. The van der Waals surface area contributed by atoms with E-state index in [4.69, 9.17) is 9.47 Å². The quantitative estimate of drug-likeness (QED) is 0.422. The van der Waals surface area contributed by atoms with Crippen molar-refractivity contribution in [3.8, 4) is 0 Å². The maximum atomic E-state index is 12.1. The zero-order chi connectivity index (χ0) is 19.8. The van der Waals surface area contributed by atoms with E-state index in [0.29, 0.717) is 0 Å². The van der Waals surface area contributed by atoms with E-state index in [-0.39, 0.29) is 24.5 Å². The molecule has 0 bridgehead atoms. The van der Waals surface area contributed by atoms with Gasteiger partial charge in [0.05, 0.1) is 23.9 Å². The van der Waals surface area contributed by atoms with Crippen molar-refractivity contribution in [2.75, 3.05) is 19.5 Å². The lowest BCUT2D eigenvalue weighted by atomic mass is 10.0. The molecule has 2 amide bonds. The first-order chi connectivity index (χ1) is 12.9. The van der Waals surface area contributed by atoms with Crippen LogP contribution in [0.5, 0.6) is 0 Å². The summed E-state index contributed by atoms with van der Waals surface area (Å²) in [4.78, 5) is 36.9. The summed E-state index contributed by atoms with van der Waals surface area (Å²) in [6.45, 7) is 3.31. The lowest BCUT2D eigenvalue weighted by molar-refractivity contribution is -0.140. The van der Waals surface area contributed by atoms with E-state index in [1.165, 1.54) is 6.08 Å². The van der Waals surface area contributed by atoms with Crippen LogP contribution in [-0.2, 0) is 19.1 Å². The number of esters is 2. The number of benzene rings is 1. The maximum Gasteiger partial charge on any atom is 0.338 e. The van der Waals surface area contributed by atoms with Crippen LogP contribution in [0.3, 0.4) is 0 Å². The topological polar surface area (TPSA) is 93.7 Å². The highest BCUT2D eigenvalue weighted by Crippen LogP contribution is 2.16. The van der Waals surface area contributed by atoms with Crippen molar-refractivity contribution < 1.29 is 23.9 Å². The molecule has 8 heteroatoms. The second-order valence-corrected chi connectivity index (χ2v) is 6.53.